The van der Waals surface area contributed by atoms with Crippen molar-refractivity contribution in [1.82, 2.24) is 4.90 Å². The number of methoxy groups -OCH3 is 4. The Morgan fingerprint density at radius 1 is 0.475 bits per heavy atom. The summed E-state index contributed by atoms with van der Waals surface area (Å²) in [6, 6.07) is 0. The molecule has 1 rings (SSSR count). The molecule has 0 bridgehead atoms. The van der Waals surface area contributed by atoms with Gasteiger partial charge in [-0.15, -0.1) is 0 Å². The van der Waals surface area contributed by atoms with Gasteiger partial charge in [-0.3, -0.25) is 9.59 Å². The van der Waals surface area contributed by atoms with E-state index in [1.807, 2.05) is 6.92 Å². The van der Waals surface area contributed by atoms with E-state index in [4.69, 9.17) is 33.2 Å². The third-order valence-corrected chi connectivity index (χ3v) is 12.9. The van der Waals surface area contributed by atoms with Gasteiger partial charge in [0, 0.05) is 106 Å². The molecule has 14 heteroatoms. The first kappa shape index (κ1) is 88.2. The van der Waals surface area contributed by atoms with E-state index in [0.29, 0.717) is 45.6 Å². The fraction of sp³-hybridized carbons (Fsp3) is 0.879. The van der Waals surface area contributed by atoms with Crippen LogP contribution in [-0.2, 0) is 61.9 Å². The third-order valence-electron chi connectivity index (χ3n) is 12.9. The molecule has 1 aliphatic heterocycles. The number of esters is 1. The van der Waals surface area contributed by atoms with E-state index in [0.717, 1.165) is 95.9 Å². The van der Waals surface area contributed by atoms with E-state index in [2.05, 4.69) is 60.1 Å². The third kappa shape index (κ3) is 83.8. The van der Waals surface area contributed by atoms with Gasteiger partial charge in [0.15, 0.2) is 0 Å². The topological polar surface area (TPSA) is 170 Å². The lowest BCUT2D eigenvalue weighted by Crippen LogP contribution is -2.34. The first-order valence-electron chi connectivity index (χ1n) is 31.8. The van der Waals surface area contributed by atoms with Crippen molar-refractivity contribution in [2.45, 2.75) is 273 Å². The number of nitrogens with zero attached hydrogens (tertiary/aromatic N) is 1. The number of piperidine rings is 1. The Kier molecular flexibility index (Phi) is 90.9. The molecule has 0 aliphatic carbocycles. The molecule has 14 nitrogen and oxygen atoms in total. The Morgan fingerprint density at radius 3 is 1.15 bits per heavy atom. The summed E-state index contributed by atoms with van der Waals surface area (Å²) in [5, 5.41) is 0. The number of rotatable bonds is 48. The molecule has 1 fully saturated rings. The van der Waals surface area contributed by atoms with Crippen molar-refractivity contribution >= 4 is 37.6 Å². The Labute approximate surface area is 493 Å². The van der Waals surface area contributed by atoms with Crippen molar-refractivity contribution < 1.29 is 61.9 Å². The molecule has 0 radical (unpaired) electrons. The van der Waals surface area contributed by atoms with E-state index in [1.54, 1.807) is 28.4 Å². The average molecular weight is 1150 g/mol. The molecule has 0 aromatic rings. The van der Waals surface area contributed by atoms with Gasteiger partial charge in [-0.25, -0.2) is 0 Å². The molecule has 0 amide bonds. The molecule has 0 N–H and O–H groups in total. The molecule has 1 atom stereocenters. The number of carbonyl (C=O) groups excluding carboxylic acids is 6. The molecule has 0 aromatic carbocycles. The highest BCUT2D eigenvalue weighted by molar-refractivity contribution is 5.71. The number of aldehydes is 4. The van der Waals surface area contributed by atoms with Crippen molar-refractivity contribution in [1.29, 1.82) is 0 Å². The van der Waals surface area contributed by atoms with Crippen LogP contribution in [-0.4, -0.2) is 137 Å². The van der Waals surface area contributed by atoms with E-state index in [9.17, 15) is 28.8 Å². The van der Waals surface area contributed by atoms with Crippen LogP contribution in [0.2, 0.25) is 0 Å². The van der Waals surface area contributed by atoms with E-state index in [1.165, 1.54) is 148 Å². The normalized spacial score (nSPS) is 12.1. The second-order valence-corrected chi connectivity index (χ2v) is 21.0. The van der Waals surface area contributed by atoms with Crippen LogP contribution >= 0.6 is 0 Å². The lowest BCUT2D eigenvalue weighted by atomic mass is 9.99. The smallest absolute Gasteiger partial charge is 0.306 e. The summed E-state index contributed by atoms with van der Waals surface area (Å²) in [6.07, 6.45) is 41.3. The molecular formula is C66H131NO13. The predicted molar refractivity (Wildman–Crippen MR) is 333 cm³/mol. The highest BCUT2D eigenvalue weighted by Gasteiger charge is 2.20. The van der Waals surface area contributed by atoms with Crippen LogP contribution in [0, 0.1) is 17.8 Å². The lowest BCUT2D eigenvalue weighted by Gasteiger charge is -2.30. The summed E-state index contributed by atoms with van der Waals surface area (Å²) >= 11 is 0. The zero-order valence-corrected chi connectivity index (χ0v) is 54.4. The Morgan fingerprint density at radius 2 is 0.825 bits per heavy atom. The summed E-state index contributed by atoms with van der Waals surface area (Å²) in [4.78, 5) is 64.7. The number of carbonyl (C=O) groups is 6. The SMILES string of the molecule is C=C(CC(COC)COC=O)OC1CCN(C)CC1.CCC.CCC(CC=O)CC=O.CCCCCCCCOC.CCCCCCCCOC.CCCCCCCCOC.CCCCCCCCOC(=O)CC(CC=O)CC=O. The molecule has 1 aliphatic rings. The molecule has 478 valence electrons. The van der Waals surface area contributed by atoms with Gasteiger partial charge in [-0.1, -0.05) is 196 Å². The highest BCUT2D eigenvalue weighted by atomic mass is 16.5. The number of ether oxygens (including phenoxy) is 7. The summed E-state index contributed by atoms with van der Waals surface area (Å²) in [6.45, 7) is 25.8. The van der Waals surface area contributed by atoms with Crippen molar-refractivity contribution in [3.63, 3.8) is 0 Å². The van der Waals surface area contributed by atoms with Gasteiger partial charge in [0.05, 0.1) is 25.6 Å². The Hall–Kier alpha value is -3.04. The van der Waals surface area contributed by atoms with Crippen LogP contribution in [0.15, 0.2) is 12.3 Å². The summed E-state index contributed by atoms with van der Waals surface area (Å²) in [5.41, 5.74) is 0. The van der Waals surface area contributed by atoms with Crippen molar-refractivity contribution in [2.24, 2.45) is 17.8 Å². The maximum absolute atomic E-state index is 11.5. The van der Waals surface area contributed by atoms with Gasteiger partial charge in [0.2, 0.25) is 0 Å². The monoisotopic (exact) mass is 1150 g/mol. The minimum absolute atomic E-state index is 0.106. The molecule has 0 spiro atoms. The second-order valence-electron chi connectivity index (χ2n) is 21.0. The van der Waals surface area contributed by atoms with Crippen molar-refractivity contribution in [3.8, 4) is 0 Å². The van der Waals surface area contributed by atoms with Gasteiger partial charge in [0.1, 0.15) is 31.2 Å². The maximum Gasteiger partial charge on any atom is 0.306 e. The van der Waals surface area contributed by atoms with Crippen LogP contribution in [0.4, 0.5) is 0 Å². The molecule has 1 heterocycles. The van der Waals surface area contributed by atoms with Crippen LogP contribution in [0.1, 0.15) is 267 Å². The first-order valence-corrected chi connectivity index (χ1v) is 31.8. The van der Waals surface area contributed by atoms with E-state index in [-0.39, 0.29) is 49.1 Å². The van der Waals surface area contributed by atoms with Crippen LogP contribution < -0.4 is 0 Å². The van der Waals surface area contributed by atoms with Crippen LogP contribution in [0.5, 0.6) is 0 Å². The number of allylic oxidation sites excluding steroid dienone is 1. The van der Waals surface area contributed by atoms with Crippen molar-refractivity contribution in [2.75, 3.05) is 88.2 Å². The van der Waals surface area contributed by atoms with Gasteiger partial charge in [-0.2, -0.15) is 0 Å². The minimum Gasteiger partial charge on any atom is -0.495 e. The number of hydrogen-bond acceptors (Lipinski definition) is 14. The molecule has 0 saturated carbocycles. The highest BCUT2D eigenvalue weighted by Crippen LogP contribution is 2.20. The maximum atomic E-state index is 11.5. The predicted octanol–water partition coefficient (Wildman–Crippen LogP) is 16.1. The minimum atomic E-state index is -0.303. The van der Waals surface area contributed by atoms with E-state index >= 15 is 0 Å². The first-order chi connectivity index (χ1) is 38.9. The Balaban J connectivity index is -0.000000209. The van der Waals surface area contributed by atoms with Gasteiger partial charge in [-0.05, 0) is 57.4 Å². The second kappa shape index (κ2) is 82.4. The summed E-state index contributed by atoms with van der Waals surface area (Å²) in [5.74, 6) is 0.634. The average Bonchev–Trinajstić information content (AvgIpc) is 3.45. The molecule has 80 heavy (non-hydrogen) atoms. The lowest BCUT2D eigenvalue weighted by molar-refractivity contribution is -0.145. The zero-order chi connectivity index (χ0) is 61.2. The molecule has 0 aromatic heterocycles. The van der Waals surface area contributed by atoms with Gasteiger partial charge < -0.3 is 57.2 Å². The van der Waals surface area contributed by atoms with Gasteiger partial charge in [0.25, 0.3) is 6.47 Å². The quantitative estimate of drug-likeness (QED) is 0.0244. The largest absolute Gasteiger partial charge is 0.495 e. The van der Waals surface area contributed by atoms with E-state index < -0.39 is 0 Å². The van der Waals surface area contributed by atoms with Crippen molar-refractivity contribution in [3.05, 3.63) is 12.3 Å². The number of likely N-dealkylation sites (tertiary alicyclic amines) is 1. The van der Waals surface area contributed by atoms with Crippen LogP contribution in [0.25, 0.3) is 0 Å². The van der Waals surface area contributed by atoms with Gasteiger partial charge >= 0.3 is 5.97 Å². The Bertz CT molecular complexity index is 1140. The fourth-order valence-corrected chi connectivity index (χ4v) is 7.97. The molecule has 1 saturated heterocycles. The molecule has 1 unspecified atom stereocenters. The number of hydrogen-bond donors (Lipinski definition) is 0. The standard InChI is InChI=1S/C15H26O4.C14H25NO4.3C9H20O.C7H12O2.C3H8/c1-2-3-4-5-6-7-12-19-15(18)13-14(8-10-16)9-11-17;1-12(8-13(9-17-3)10-18-11-16)19-14-4-6-15(2)7-5-14;3*1-3-4-5-6-7-8-9-10-2;1-2-7(3-5-8)4-6-9;1-3-2/h10-11,14H,2-9,12-13H2,1H3;11,13-14H,1,4-10H2,2-3H3;3*3-9H2,1-2H3;5-7H,2-4H2,1H3;3H2,1-2H3. The summed E-state index contributed by atoms with van der Waals surface area (Å²) < 4.78 is 35.7. The number of unbranched alkanes of at least 4 members (excludes halogenated alkanes) is 20. The zero-order valence-electron chi connectivity index (χ0n) is 54.4. The fourth-order valence-electron chi connectivity index (χ4n) is 7.97. The molecular weight excluding hydrogens is 1010 g/mol. The summed E-state index contributed by atoms with van der Waals surface area (Å²) in [7, 11) is 9.06. The van der Waals surface area contributed by atoms with Crippen LogP contribution in [0.3, 0.4) is 0 Å².